The maximum atomic E-state index is 11.1. The molecule has 1 atom stereocenters. The van der Waals surface area contributed by atoms with Crippen molar-refractivity contribution in [2.45, 2.75) is 9.79 Å². The Hall–Kier alpha value is -0.140. The summed E-state index contributed by atoms with van der Waals surface area (Å²) in [5, 5.41) is -0.424. The molecule has 1 unspecified atom stereocenters. The van der Waals surface area contributed by atoms with Crippen LogP contribution in [0.1, 0.15) is 0 Å². The van der Waals surface area contributed by atoms with Crippen LogP contribution in [-0.2, 0) is 20.9 Å². The van der Waals surface area contributed by atoms with E-state index in [4.69, 9.17) is 23.2 Å². The minimum atomic E-state index is -3.46. The fourth-order valence-electron chi connectivity index (χ4n) is 0.910. The van der Waals surface area contributed by atoms with Crippen molar-refractivity contribution in [3.63, 3.8) is 0 Å². The zero-order valence-corrected chi connectivity index (χ0v) is 10.5. The predicted octanol–water partition coefficient (Wildman–Crippen LogP) is 1.63. The van der Waals surface area contributed by atoms with Crippen molar-refractivity contribution in [3.8, 4) is 0 Å². The molecule has 1 rings (SSSR count). The maximum absolute atomic E-state index is 11.1. The topological polar surface area (TPSA) is 74.3 Å². The Bertz CT molecular complexity index is 501. The van der Waals surface area contributed by atoms with Gasteiger partial charge in [-0.15, -0.1) is 0 Å². The van der Waals surface area contributed by atoms with Gasteiger partial charge >= 0.3 is 0 Å². The first-order valence-electron chi connectivity index (χ1n) is 3.52. The highest BCUT2D eigenvalue weighted by Crippen LogP contribution is 2.30. The standard InChI is InChI=1S/C7H6Cl2O4S2/c1-15(12,13)4-2-5(8)7(14(10)11)6(9)3-4/h2-3H,1H3,(H,10,11)/p-1. The van der Waals surface area contributed by atoms with Crippen LogP contribution in [0.15, 0.2) is 21.9 Å². The molecule has 0 heterocycles. The van der Waals surface area contributed by atoms with Crippen LogP contribution in [0.3, 0.4) is 0 Å². The molecule has 0 aromatic heterocycles. The van der Waals surface area contributed by atoms with Crippen LogP contribution >= 0.6 is 23.2 Å². The summed E-state index contributed by atoms with van der Waals surface area (Å²) in [6.07, 6.45) is 0.975. The fourth-order valence-corrected chi connectivity index (χ4v) is 3.00. The number of hydrogen-bond acceptors (Lipinski definition) is 4. The molecule has 0 aliphatic heterocycles. The molecule has 0 saturated heterocycles. The molecule has 0 spiro atoms. The molecular formula is C7H5Cl2O4S2-. The Morgan fingerprint density at radius 3 is 1.93 bits per heavy atom. The second-order valence-electron chi connectivity index (χ2n) is 2.72. The number of benzene rings is 1. The highest BCUT2D eigenvalue weighted by atomic mass is 35.5. The lowest BCUT2D eigenvalue weighted by molar-refractivity contribution is 0.537. The molecule has 0 aliphatic carbocycles. The zero-order chi connectivity index (χ0) is 11.8. The third kappa shape index (κ3) is 2.92. The smallest absolute Gasteiger partial charge is 0.175 e. The van der Waals surface area contributed by atoms with E-state index in [2.05, 4.69) is 0 Å². The Morgan fingerprint density at radius 1 is 1.27 bits per heavy atom. The van der Waals surface area contributed by atoms with E-state index in [0.717, 1.165) is 18.4 Å². The monoisotopic (exact) mass is 287 g/mol. The van der Waals surface area contributed by atoms with Crippen molar-refractivity contribution >= 4 is 44.1 Å². The van der Waals surface area contributed by atoms with Crippen molar-refractivity contribution in [1.29, 1.82) is 0 Å². The molecule has 0 N–H and O–H groups in total. The van der Waals surface area contributed by atoms with E-state index in [1.807, 2.05) is 0 Å². The van der Waals surface area contributed by atoms with Gasteiger partial charge in [0, 0.05) is 6.26 Å². The summed E-state index contributed by atoms with van der Waals surface area (Å²) >= 11 is 8.59. The summed E-state index contributed by atoms with van der Waals surface area (Å²) < 4.78 is 43.7. The van der Waals surface area contributed by atoms with E-state index in [0.29, 0.717) is 0 Å². The minimum absolute atomic E-state index is 0.119. The van der Waals surface area contributed by atoms with Crippen LogP contribution in [0.4, 0.5) is 0 Å². The summed E-state index contributed by atoms with van der Waals surface area (Å²) in [6.45, 7) is 0. The Morgan fingerprint density at radius 2 is 1.67 bits per heavy atom. The molecule has 1 aromatic carbocycles. The molecule has 8 heteroatoms. The SMILES string of the molecule is CS(=O)(=O)c1cc(Cl)c(S(=O)[O-])c(Cl)c1. The Balaban J connectivity index is 3.52. The van der Waals surface area contributed by atoms with Gasteiger partial charge in [-0.05, 0) is 23.2 Å². The molecule has 0 saturated carbocycles. The summed E-state index contributed by atoms with van der Waals surface area (Å²) in [5.41, 5.74) is 0. The van der Waals surface area contributed by atoms with Crippen molar-refractivity contribution in [2.24, 2.45) is 0 Å². The summed E-state index contributed by atoms with van der Waals surface area (Å²) in [6, 6.07) is 2.10. The molecular weight excluding hydrogens is 283 g/mol. The van der Waals surface area contributed by atoms with Gasteiger partial charge in [0.15, 0.2) is 9.84 Å². The molecule has 0 amide bonds. The van der Waals surface area contributed by atoms with Crippen LogP contribution < -0.4 is 0 Å². The Kier molecular flexibility index (Phi) is 3.78. The van der Waals surface area contributed by atoms with E-state index in [1.54, 1.807) is 0 Å². The molecule has 4 nitrogen and oxygen atoms in total. The van der Waals surface area contributed by atoms with Gasteiger partial charge in [0.1, 0.15) is 0 Å². The number of hydrogen-bond donors (Lipinski definition) is 0. The van der Waals surface area contributed by atoms with Gasteiger partial charge in [-0.1, -0.05) is 23.2 Å². The summed E-state index contributed by atoms with van der Waals surface area (Å²) in [7, 11) is -3.46. The lowest BCUT2D eigenvalue weighted by Gasteiger charge is -2.11. The number of halogens is 2. The third-order valence-electron chi connectivity index (χ3n) is 1.57. The van der Waals surface area contributed by atoms with Crippen molar-refractivity contribution in [2.75, 3.05) is 6.26 Å². The van der Waals surface area contributed by atoms with Crippen LogP contribution in [0.5, 0.6) is 0 Å². The van der Waals surface area contributed by atoms with Gasteiger partial charge < -0.3 is 4.55 Å². The van der Waals surface area contributed by atoms with Gasteiger partial charge in [-0.2, -0.15) is 0 Å². The van der Waals surface area contributed by atoms with Gasteiger partial charge in [-0.3, -0.25) is 4.21 Å². The maximum Gasteiger partial charge on any atom is 0.175 e. The quantitative estimate of drug-likeness (QED) is 0.775. The van der Waals surface area contributed by atoms with Crippen LogP contribution in [0, 0.1) is 0 Å². The Labute approximate surface area is 99.4 Å². The first-order chi connectivity index (χ1) is 6.73. The predicted molar refractivity (Wildman–Crippen MR) is 56.8 cm³/mol. The van der Waals surface area contributed by atoms with Gasteiger partial charge in [-0.25, -0.2) is 8.42 Å². The van der Waals surface area contributed by atoms with Gasteiger partial charge in [0.25, 0.3) is 0 Å². The lowest BCUT2D eigenvalue weighted by atomic mass is 10.3. The van der Waals surface area contributed by atoms with Crippen LogP contribution in [0.25, 0.3) is 0 Å². The van der Waals surface area contributed by atoms with Gasteiger partial charge in [0.05, 0.1) is 19.8 Å². The van der Waals surface area contributed by atoms with E-state index >= 15 is 0 Å². The molecule has 1 aromatic rings. The van der Waals surface area contributed by atoms with Gasteiger partial charge in [0.2, 0.25) is 0 Å². The van der Waals surface area contributed by atoms with E-state index in [9.17, 15) is 17.2 Å². The van der Waals surface area contributed by atoms with E-state index in [1.165, 1.54) is 0 Å². The lowest BCUT2D eigenvalue weighted by Crippen LogP contribution is -2.00. The average molecular weight is 288 g/mol. The fraction of sp³-hybridized carbons (Fsp3) is 0.143. The molecule has 0 radical (unpaired) electrons. The van der Waals surface area contributed by atoms with Crippen LogP contribution in [0.2, 0.25) is 10.0 Å². The molecule has 0 fully saturated rings. The number of rotatable bonds is 2. The second-order valence-corrected chi connectivity index (χ2v) is 6.43. The van der Waals surface area contributed by atoms with Crippen molar-refractivity contribution in [3.05, 3.63) is 22.2 Å². The average Bonchev–Trinajstić information content (AvgIpc) is 1.99. The molecule has 0 bridgehead atoms. The molecule has 0 aliphatic rings. The number of sulfone groups is 1. The van der Waals surface area contributed by atoms with Crippen molar-refractivity contribution in [1.82, 2.24) is 0 Å². The van der Waals surface area contributed by atoms with E-state index in [-0.39, 0.29) is 19.8 Å². The van der Waals surface area contributed by atoms with E-state index < -0.39 is 20.9 Å². The van der Waals surface area contributed by atoms with Crippen molar-refractivity contribution < 1.29 is 17.2 Å². The normalized spacial score (nSPS) is 13.9. The summed E-state index contributed by atoms with van der Waals surface area (Å²) in [5.74, 6) is 0. The third-order valence-corrected chi connectivity index (χ3v) is 4.25. The molecule has 15 heavy (non-hydrogen) atoms. The first kappa shape index (κ1) is 12.9. The highest BCUT2D eigenvalue weighted by Gasteiger charge is 2.14. The first-order valence-corrected chi connectivity index (χ1v) is 7.24. The minimum Gasteiger partial charge on any atom is -0.768 e. The summed E-state index contributed by atoms with van der Waals surface area (Å²) in [4.78, 5) is -0.419. The second kappa shape index (κ2) is 4.39. The molecule has 84 valence electrons. The van der Waals surface area contributed by atoms with Crippen LogP contribution in [-0.4, -0.2) is 23.4 Å². The largest absolute Gasteiger partial charge is 0.768 e. The zero-order valence-electron chi connectivity index (χ0n) is 7.36. The highest BCUT2D eigenvalue weighted by molar-refractivity contribution is 7.90.